The fraction of sp³-hybridized carbons (Fsp3) is 0.286. The minimum Gasteiger partial charge on any atom is -0.394 e. The Bertz CT molecular complexity index is 450. The molecule has 0 bridgehead atoms. The average Bonchev–Trinajstić information content (AvgIpc) is 2.77. The summed E-state index contributed by atoms with van der Waals surface area (Å²) < 4.78 is 2.02. The van der Waals surface area contributed by atoms with Crippen molar-refractivity contribution in [2.24, 2.45) is 7.05 Å². The highest BCUT2D eigenvalue weighted by Gasteiger charge is 2.08. The number of aliphatic hydroxyl groups excluding tert-OH is 1. The molecular weight excluding hydrogens is 212 g/mol. The molecule has 90 valence electrons. The fourth-order valence-corrected chi connectivity index (χ4v) is 1.88. The van der Waals surface area contributed by atoms with Crippen LogP contribution in [0.2, 0.25) is 0 Å². The van der Waals surface area contributed by atoms with E-state index >= 15 is 0 Å². The Hall–Kier alpha value is -1.58. The number of aromatic nitrogens is 1. The van der Waals surface area contributed by atoms with E-state index in [4.69, 9.17) is 0 Å². The largest absolute Gasteiger partial charge is 0.394 e. The van der Waals surface area contributed by atoms with Gasteiger partial charge < -0.3 is 15.0 Å². The monoisotopic (exact) mass is 230 g/mol. The zero-order valence-corrected chi connectivity index (χ0v) is 10.0. The van der Waals surface area contributed by atoms with E-state index in [1.807, 2.05) is 48.1 Å². The highest BCUT2D eigenvalue weighted by atomic mass is 16.3. The molecule has 2 aromatic rings. The maximum absolute atomic E-state index is 9.39. The van der Waals surface area contributed by atoms with Gasteiger partial charge in [-0.05, 0) is 17.2 Å². The van der Waals surface area contributed by atoms with Crippen molar-refractivity contribution in [2.75, 3.05) is 6.61 Å². The van der Waals surface area contributed by atoms with Gasteiger partial charge in [0, 0.05) is 26.0 Å². The first-order valence-electron chi connectivity index (χ1n) is 5.79. The summed E-state index contributed by atoms with van der Waals surface area (Å²) >= 11 is 0. The van der Waals surface area contributed by atoms with Gasteiger partial charge in [0.1, 0.15) is 0 Å². The van der Waals surface area contributed by atoms with Gasteiger partial charge in [-0.15, -0.1) is 0 Å². The Morgan fingerprint density at radius 2 is 2.00 bits per heavy atom. The lowest BCUT2D eigenvalue weighted by Gasteiger charge is -2.16. The number of aryl methyl sites for hydroxylation is 1. The van der Waals surface area contributed by atoms with Crippen LogP contribution in [-0.2, 0) is 13.6 Å². The second-order valence-corrected chi connectivity index (χ2v) is 4.21. The number of nitrogens with zero attached hydrogens (tertiary/aromatic N) is 1. The third kappa shape index (κ3) is 3.19. The summed E-state index contributed by atoms with van der Waals surface area (Å²) in [6.07, 6.45) is 4.10. The summed E-state index contributed by atoms with van der Waals surface area (Å²) in [5, 5.41) is 12.7. The van der Waals surface area contributed by atoms with Crippen molar-refractivity contribution in [1.29, 1.82) is 0 Å². The number of benzene rings is 1. The van der Waals surface area contributed by atoms with Crippen molar-refractivity contribution in [3.05, 3.63) is 59.9 Å². The standard InChI is InChI=1S/C14H18N2O/c1-16-8-7-12(10-16)9-15-14(11-17)13-5-3-2-4-6-13/h2-8,10,14-15,17H,9,11H2,1H3/t14-/m1/s1. The summed E-state index contributed by atoms with van der Waals surface area (Å²) in [7, 11) is 2.00. The quantitative estimate of drug-likeness (QED) is 0.822. The van der Waals surface area contributed by atoms with Crippen LogP contribution in [0.1, 0.15) is 17.2 Å². The van der Waals surface area contributed by atoms with E-state index in [9.17, 15) is 5.11 Å². The molecule has 0 spiro atoms. The fourth-order valence-electron chi connectivity index (χ4n) is 1.88. The van der Waals surface area contributed by atoms with Crippen LogP contribution >= 0.6 is 0 Å². The maximum atomic E-state index is 9.39. The molecule has 0 fully saturated rings. The number of aliphatic hydroxyl groups is 1. The molecule has 0 aliphatic rings. The molecule has 1 aromatic carbocycles. The molecule has 17 heavy (non-hydrogen) atoms. The minimum atomic E-state index is -0.00333. The molecule has 1 heterocycles. The molecule has 2 N–H and O–H groups in total. The van der Waals surface area contributed by atoms with Crippen LogP contribution < -0.4 is 5.32 Å². The van der Waals surface area contributed by atoms with E-state index in [1.54, 1.807) is 0 Å². The highest BCUT2D eigenvalue weighted by molar-refractivity contribution is 5.19. The molecule has 2 rings (SSSR count). The third-order valence-electron chi connectivity index (χ3n) is 2.83. The van der Waals surface area contributed by atoms with Crippen molar-refractivity contribution in [2.45, 2.75) is 12.6 Å². The molecule has 0 unspecified atom stereocenters. The molecule has 1 atom stereocenters. The molecule has 0 saturated carbocycles. The van der Waals surface area contributed by atoms with Crippen molar-refractivity contribution in [3.63, 3.8) is 0 Å². The Morgan fingerprint density at radius 3 is 2.59 bits per heavy atom. The van der Waals surface area contributed by atoms with Crippen molar-refractivity contribution in [3.8, 4) is 0 Å². The molecule has 3 heteroatoms. The van der Waals surface area contributed by atoms with Crippen molar-refractivity contribution >= 4 is 0 Å². The van der Waals surface area contributed by atoms with E-state index in [1.165, 1.54) is 5.56 Å². The summed E-state index contributed by atoms with van der Waals surface area (Å²) in [6.45, 7) is 0.873. The van der Waals surface area contributed by atoms with Crippen LogP contribution in [0.5, 0.6) is 0 Å². The van der Waals surface area contributed by atoms with Crippen molar-refractivity contribution < 1.29 is 5.11 Å². The second kappa shape index (κ2) is 5.66. The summed E-state index contributed by atoms with van der Waals surface area (Å²) in [5.74, 6) is 0. The van der Waals surface area contributed by atoms with Gasteiger partial charge in [-0.2, -0.15) is 0 Å². The predicted octanol–water partition coefficient (Wildman–Crippen LogP) is 1.85. The Balaban J connectivity index is 1.97. The molecule has 3 nitrogen and oxygen atoms in total. The zero-order chi connectivity index (χ0) is 12.1. The summed E-state index contributed by atoms with van der Waals surface area (Å²) in [6, 6.07) is 12.1. The average molecular weight is 230 g/mol. The van der Waals surface area contributed by atoms with Crippen LogP contribution in [0.3, 0.4) is 0 Å². The predicted molar refractivity (Wildman–Crippen MR) is 68.5 cm³/mol. The van der Waals surface area contributed by atoms with Gasteiger partial charge in [0.15, 0.2) is 0 Å². The smallest absolute Gasteiger partial charge is 0.0626 e. The van der Waals surface area contributed by atoms with E-state index in [2.05, 4.69) is 17.6 Å². The van der Waals surface area contributed by atoms with Crippen LogP contribution in [0.4, 0.5) is 0 Å². The number of hydrogen-bond acceptors (Lipinski definition) is 2. The SMILES string of the molecule is Cn1ccc(CN[C@H](CO)c2ccccc2)c1. The first-order valence-corrected chi connectivity index (χ1v) is 5.79. The lowest BCUT2D eigenvalue weighted by Crippen LogP contribution is -2.23. The number of rotatable bonds is 5. The molecule has 0 saturated heterocycles. The number of nitrogens with one attached hydrogen (secondary N) is 1. The Labute approximate surface area is 102 Å². The second-order valence-electron chi connectivity index (χ2n) is 4.21. The van der Waals surface area contributed by atoms with E-state index in [-0.39, 0.29) is 12.6 Å². The molecule has 0 aliphatic carbocycles. The Kier molecular flexibility index (Phi) is 3.96. The van der Waals surface area contributed by atoms with Crippen molar-refractivity contribution in [1.82, 2.24) is 9.88 Å². The van der Waals surface area contributed by atoms with E-state index in [0.29, 0.717) is 0 Å². The molecule has 0 radical (unpaired) electrons. The van der Waals surface area contributed by atoms with Gasteiger partial charge in [0.05, 0.1) is 12.6 Å². The molecule has 1 aromatic heterocycles. The molecule has 0 amide bonds. The van der Waals surface area contributed by atoms with Gasteiger partial charge in [-0.3, -0.25) is 0 Å². The summed E-state index contributed by atoms with van der Waals surface area (Å²) in [5.41, 5.74) is 2.34. The highest BCUT2D eigenvalue weighted by Crippen LogP contribution is 2.12. The van der Waals surface area contributed by atoms with E-state index < -0.39 is 0 Å². The maximum Gasteiger partial charge on any atom is 0.0626 e. The van der Waals surface area contributed by atoms with Gasteiger partial charge in [-0.1, -0.05) is 30.3 Å². The van der Waals surface area contributed by atoms with E-state index in [0.717, 1.165) is 12.1 Å². The third-order valence-corrected chi connectivity index (χ3v) is 2.83. The Morgan fingerprint density at radius 1 is 1.24 bits per heavy atom. The minimum absolute atomic E-state index is 0.00333. The lowest BCUT2D eigenvalue weighted by atomic mass is 10.1. The van der Waals surface area contributed by atoms with Gasteiger partial charge >= 0.3 is 0 Å². The molecular formula is C14H18N2O. The topological polar surface area (TPSA) is 37.2 Å². The van der Waals surface area contributed by atoms with Crippen LogP contribution in [0.25, 0.3) is 0 Å². The van der Waals surface area contributed by atoms with Crippen LogP contribution in [0, 0.1) is 0 Å². The normalized spacial score (nSPS) is 12.6. The van der Waals surface area contributed by atoms with Gasteiger partial charge in [-0.25, -0.2) is 0 Å². The van der Waals surface area contributed by atoms with Crippen LogP contribution in [-0.4, -0.2) is 16.3 Å². The van der Waals surface area contributed by atoms with Gasteiger partial charge in [0.25, 0.3) is 0 Å². The zero-order valence-electron chi connectivity index (χ0n) is 10.0. The lowest BCUT2D eigenvalue weighted by molar-refractivity contribution is 0.243. The first kappa shape index (κ1) is 11.9. The first-order chi connectivity index (χ1) is 8.29. The van der Waals surface area contributed by atoms with Gasteiger partial charge in [0.2, 0.25) is 0 Å². The van der Waals surface area contributed by atoms with Crippen LogP contribution in [0.15, 0.2) is 48.8 Å². The summed E-state index contributed by atoms with van der Waals surface area (Å²) in [4.78, 5) is 0. The number of hydrogen-bond donors (Lipinski definition) is 2. The molecule has 0 aliphatic heterocycles.